The molecule has 0 radical (unpaired) electrons. The number of nitrogens with one attached hydrogen (secondary N) is 1. The molecule has 138 valence electrons. The first kappa shape index (κ1) is 18.7. The number of likely N-dealkylation sites (tertiary alicyclic amines) is 1. The van der Waals surface area contributed by atoms with Gasteiger partial charge in [0, 0.05) is 6.42 Å². The van der Waals surface area contributed by atoms with Crippen molar-refractivity contribution < 1.29 is 4.79 Å². The van der Waals surface area contributed by atoms with E-state index in [-0.39, 0.29) is 11.9 Å². The molecule has 1 aliphatic heterocycles. The van der Waals surface area contributed by atoms with Crippen molar-refractivity contribution in [2.45, 2.75) is 45.1 Å². The number of benzene rings is 2. The van der Waals surface area contributed by atoms with Gasteiger partial charge in [0.05, 0.1) is 6.04 Å². The lowest BCUT2D eigenvalue weighted by molar-refractivity contribution is -0.121. The number of hydrogen-bond donors (Lipinski definition) is 1. The Kier molecular flexibility index (Phi) is 6.84. The molecule has 1 saturated heterocycles. The van der Waals surface area contributed by atoms with Crippen LogP contribution in [-0.4, -0.2) is 30.4 Å². The van der Waals surface area contributed by atoms with E-state index >= 15 is 0 Å². The maximum absolute atomic E-state index is 12.2. The molecule has 0 spiro atoms. The number of carbonyl (C=O) groups is 1. The van der Waals surface area contributed by atoms with Gasteiger partial charge in [-0.05, 0) is 68.9 Å². The van der Waals surface area contributed by atoms with Crippen LogP contribution in [0.1, 0.15) is 50.6 Å². The average molecular weight is 351 g/mol. The van der Waals surface area contributed by atoms with Gasteiger partial charge < -0.3 is 10.2 Å². The summed E-state index contributed by atoms with van der Waals surface area (Å²) in [5.41, 5.74) is 3.57. The van der Waals surface area contributed by atoms with Gasteiger partial charge in [0.15, 0.2) is 0 Å². The molecule has 3 rings (SSSR count). The van der Waals surface area contributed by atoms with E-state index < -0.39 is 0 Å². The van der Waals surface area contributed by atoms with E-state index in [1.165, 1.54) is 37.1 Å². The van der Waals surface area contributed by atoms with Crippen molar-refractivity contribution in [2.24, 2.45) is 0 Å². The molecule has 0 unspecified atom stereocenters. The van der Waals surface area contributed by atoms with Gasteiger partial charge in [-0.3, -0.25) is 4.79 Å². The second-order valence-electron chi connectivity index (χ2n) is 7.28. The topological polar surface area (TPSA) is 32.3 Å². The molecule has 1 heterocycles. The van der Waals surface area contributed by atoms with Gasteiger partial charge in [0.2, 0.25) is 5.91 Å². The molecule has 3 nitrogen and oxygen atoms in total. The normalized spacial score (nSPS) is 15.7. The number of amides is 1. The molecule has 2 aromatic rings. The highest BCUT2D eigenvalue weighted by molar-refractivity contribution is 5.76. The molecule has 1 atom stereocenters. The fourth-order valence-corrected chi connectivity index (χ4v) is 3.62. The predicted octanol–water partition coefficient (Wildman–Crippen LogP) is 4.80. The molecule has 1 amide bonds. The Bertz CT molecular complexity index is 675. The molecule has 2 aromatic carbocycles. The van der Waals surface area contributed by atoms with Crippen molar-refractivity contribution in [1.29, 1.82) is 0 Å². The molecule has 1 aliphatic rings. The number of carbonyl (C=O) groups excluding carboxylic acids is 1. The summed E-state index contributed by atoms with van der Waals surface area (Å²) in [5, 5.41) is 3.13. The van der Waals surface area contributed by atoms with E-state index in [0.717, 1.165) is 24.9 Å². The Morgan fingerprint density at radius 2 is 1.62 bits per heavy atom. The van der Waals surface area contributed by atoms with Crippen LogP contribution in [0.2, 0.25) is 0 Å². The van der Waals surface area contributed by atoms with E-state index in [1.54, 1.807) is 0 Å². The lowest BCUT2D eigenvalue weighted by Gasteiger charge is -2.16. The third-order valence-electron chi connectivity index (χ3n) is 5.22. The van der Waals surface area contributed by atoms with Gasteiger partial charge in [-0.15, -0.1) is 0 Å². The van der Waals surface area contributed by atoms with Crippen molar-refractivity contribution in [3.63, 3.8) is 0 Å². The van der Waals surface area contributed by atoms with Crippen molar-refractivity contribution in [3.05, 3.63) is 60.2 Å². The number of nitrogens with zero attached hydrogens (tertiary/aromatic N) is 1. The summed E-state index contributed by atoms with van der Waals surface area (Å²) in [4.78, 5) is 14.7. The summed E-state index contributed by atoms with van der Waals surface area (Å²) >= 11 is 0. The third kappa shape index (κ3) is 5.43. The molecular formula is C23H30N2O. The Hall–Kier alpha value is -2.13. The van der Waals surface area contributed by atoms with Crippen molar-refractivity contribution in [3.8, 4) is 11.1 Å². The van der Waals surface area contributed by atoms with Gasteiger partial charge in [-0.25, -0.2) is 0 Å². The summed E-state index contributed by atoms with van der Waals surface area (Å²) in [5.74, 6) is 0.158. The zero-order valence-electron chi connectivity index (χ0n) is 15.8. The second kappa shape index (κ2) is 9.54. The molecule has 3 heteroatoms. The smallest absolute Gasteiger partial charge is 0.220 e. The number of rotatable bonds is 8. The van der Waals surface area contributed by atoms with Gasteiger partial charge in [-0.2, -0.15) is 0 Å². The zero-order chi connectivity index (χ0) is 18.2. The molecule has 1 N–H and O–H groups in total. The van der Waals surface area contributed by atoms with Crippen LogP contribution in [0.15, 0.2) is 54.6 Å². The summed E-state index contributed by atoms with van der Waals surface area (Å²) < 4.78 is 0. The first-order valence-corrected chi connectivity index (χ1v) is 9.89. The van der Waals surface area contributed by atoms with E-state index in [1.807, 2.05) is 6.07 Å². The lowest BCUT2D eigenvalue weighted by atomic mass is 10.0. The summed E-state index contributed by atoms with van der Waals surface area (Å²) in [6.07, 6.45) is 5.39. The number of hydrogen-bond acceptors (Lipinski definition) is 2. The monoisotopic (exact) mass is 350 g/mol. The zero-order valence-corrected chi connectivity index (χ0v) is 15.8. The maximum Gasteiger partial charge on any atom is 0.220 e. The molecule has 0 aliphatic carbocycles. The minimum absolute atomic E-state index is 0.0471. The summed E-state index contributed by atoms with van der Waals surface area (Å²) in [6.45, 7) is 5.67. The molecule has 1 fully saturated rings. The summed E-state index contributed by atoms with van der Waals surface area (Å²) in [7, 11) is 0. The lowest BCUT2D eigenvalue weighted by Crippen LogP contribution is -2.26. The molecule has 0 bridgehead atoms. The Morgan fingerprint density at radius 3 is 2.31 bits per heavy atom. The van der Waals surface area contributed by atoms with E-state index in [2.05, 4.69) is 65.7 Å². The van der Waals surface area contributed by atoms with Crippen LogP contribution in [0, 0.1) is 0 Å². The predicted molar refractivity (Wildman–Crippen MR) is 108 cm³/mol. The highest BCUT2D eigenvalue weighted by Gasteiger charge is 2.12. The quantitative estimate of drug-likeness (QED) is 0.694. The van der Waals surface area contributed by atoms with Gasteiger partial charge >= 0.3 is 0 Å². The Balaban J connectivity index is 1.42. The van der Waals surface area contributed by atoms with Crippen molar-refractivity contribution in [2.75, 3.05) is 19.6 Å². The Labute approximate surface area is 157 Å². The fourth-order valence-electron chi connectivity index (χ4n) is 3.62. The molecule has 26 heavy (non-hydrogen) atoms. The largest absolute Gasteiger partial charge is 0.350 e. The fraction of sp³-hybridized carbons (Fsp3) is 0.435. The second-order valence-corrected chi connectivity index (χ2v) is 7.28. The first-order valence-electron chi connectivity index (χ1n) is 9.89. The van der Waals surface area contributed by atoms with Crippen LogP contribution in [-0.2, 0) is 4.79 Å². The molecule has 0 saturated carbocycles. The van der Waals surface area contributed by atoms with Gasteiger partial charge in [-0.1, -0.05) is 54.6 Å². The van der Waals surface area contributed by atoms with E-state index in [0.29, 0.717) is 6.42 Å². The minimum Gasteiger partial charge on any atom is -0.350 e. The van der Waals surface area contributed by atoms with Gasteiger partial charge in [0.25, 0.3) is 0 Å². The summed E-state index contributed by atoms with van der Waals surface area (Å²) in [6, 6.07) is 18.9. The van der Waals surface area contributed by atoms with Crippen LogP contribution in [0.4, 0.5) is 0 Å². The first-order chi connectivity index (χ1) is 12.7. The van der Waals surface area contributed by atoms with Crippen LogP contribution >= 0.6 is 0 Å². The SMILES string of the molecule is C[C@@H](NC(=O)CCCCN1CCCC1)c1ccc(-c2ccccc2)cc1. The van der Waals surface area contributed by atoms with Crippen molar-refractivity contribution in [1.82, 2.24) is 10.2 Å². The third-order valence-corrected chi connectivity index (χ3v) is 5.22. The minimum atomic E-state index is 0.0471. The highest BCUT2D eigenvalue weighted by Crippen LogP contribution is 2.21. The standard InChI is InChI=1S/C23H30N2O/c1-19(24-23(26)11-5-6-16-25-17-7-8-18-25)20-12-14-22(15-13-20)21-9-3-2-4-10-21/h2-4,9-10,12-15,19H,5-8,11,16-18H2,1H3,(H,24,26)/t19-/m1/s1. The molecular weight excluding hydrogens is 320 g/mol. The van der Waals surface area contributed by atoms with E-state index in [9.17, 15) is 4.79 Å². The van der Waals surface area contributed by atoms with Crippen molar-refractivity contribution >= 4 is 5.91 Å². The van der Waals surface area contributed by atoms with Crippen LogP contribution in [0.25, 0.3) is 11.1 Å². The number of unbranched alkanes of at least 4 members (excludes halogenated alkanes) is 1. The van der Waals surface area contributed by atoms with Crippen LogP contribution in [0.5, 0.6) is 0 Å². The van der Waals surface area contributed by atoms with Crippen LogP contribution in [0.3, 0.4) is 0 Å². The van der Waals surface area contributed by atoms with Gasteiger partial charge in [0.1, 0.15) is 0 Å². The maximum atomic E-state index is 12.2. The average Bonchev–Trinajstić information content (AvgIpc) is 3.19. The Morgan fingerprint density at radius 1 is 0.962 bits per heavy atom. The van der Waals surface area contributed by atoms with E-state index in [4.69, 9.17) is 0 Å². The van der Waals surface area contributed by atoms with Crippen LogP contribution < -0.4 is 5.32 Å². The highest BCUT2D eigenvalue weighted by atomic mass is 16.1. The molecule has 0 aromatic heterocycles.